The molecular weight excluding hydrogens is 290 g/mol. The second kappa shape index (κ2) is 5.86. The van der Waals surface area contributed by atoms with Crippen molar-refractivity contribution >= 4 is 16.0 Å². The van der Waals surface area contributed by atoms with E-state index in [9.17, 15) is 8.42 Å². The Balaban J connectivity index is 2.41. The summed E-state index contributed by atoms with van der Waals surface area (Å²) in [6.45, 7) is 2.36. The zero-order chi connectivity index (χ0) is 15.8. The van der Waals surface area contributed by atoms with Gasteiger partial charge < -0.3 is 4.90 Å². The zero-order valence-corrected chi connectivity index (χ0v) is 14.1. The average molecular weight is 313 g/mol. The molecule has 1 aliphatic heterocycles. The van der Waals surface area contributed by atoms with Crippen molar-refractivity contribution in [3.63, 3.8) is 0 Å². The number of aryl methyl sites for hydroxylation is 1. The minimum absolute atomic E-state index is 0.210. The van der Waals surface area contributed by atoms with Crippen LogP contribution in [0.1, 0.15) is 30.4 Å². The fourth-order valence-corrected chi connectivity index (χ4v) is 3.81. The van der Waals surface area contributed by atoms with E-state index in [1.165, 1.54) is 8.61 Å². The third-order valence-corrected chi connectivity index (χ3v) is 5.56. The number of hydrogen-bond acceptors (Lipinski definition) is 5. The van der Waals surface area contributed by atoms with Crippen molar-refractivity contribution in [2.45, 2.75) is 25.8 Å². The van der Waals surface area contributed by atoms with Crippen LogP contribution in [0.4, 0.5) is 5.82 Å². The highest BCUT2D eigenvalue weighted by atomic mass is 32.2. The molecule has 0 radical (unpaired) electrons. The summed E-state index contributed by atoms with van der Waals surface area (Å²) in [5.41, 5.74) is 0.772. The van der Waals surface area contributed by atoms with Gasteiger partial charge in [-0.2, -0.15) is 17.0 Å². The van der Waals surface area contributed by atoms with Gasteiger partial charge in [0.25, 0.3) is 10.2 Å². The summed E-state index contributed by atoms with van der Waals surface area (Å²) >= 11 is 0. The molecule has 1 saturated heterocycles. The van der Waals surface area contributed by atoms with E-state index in [4.69, 9.17) is 0 Å². The molecule has 0 unspecified atom stereocenters. The molecule has 1 aromatic heterocycles. The van der Waals surface area contributed by atoms with Crippen molar-refractivity contribution in [2.75, 3.05) is 39.6 Å². The molecule has 2 heterocycles. The quantitative estimate of drug-likeness (QED) is 0.822. The molecule has 7 nitrogen and oxygen atoms in total. The molecule has 21 heavy (non-hydrogen) atoms. The minimum atomic E-state index is -3.43. The molecule has 0 amide bonds. The van der Waals surface area contributed by atoms with E-state index in [-0.39, 0.29) is 6.04 Å². The number of nitrogens with zero attached hydrogens (tertiary/aromatic N) is 5. The summed E-state index contributed by atoms with van der Waals surface area (Å²) in [6, 6.07) is 1.67. The Labute approximate surface area is 126 Å². The smallest absolute Gasteiger partial charge is 0.282 e. The van der Waals surface area contributed by atoms with Gasteiger partial charge in [-0.25, -0.2) is 9.97 Å². The van der Waals surface area contributed by atoms with Crippen molar-refractivity contribution < 1.29 is 8.42 Å². The number of hydrogen-bond donors (Lipinski definition) is 0. The van der Waals surface area contributed by atoms with Crippen molar-refractivity contribution in [1.29, 1.82) is 0 Å². The van der Waals surface area contributed by atoms with Crippen LogP contribution in [0.3, 0.4) is 0 Å². The van der Waals surface area contributed by atoms with Gasteiger partial charge in [0.1, 0.15) is 11.6 Å². The first-order chi connectivity index (χ1) is 9.73. The van der Waals surface area contributed by atoms with Crippen LogP contribution in [-0.4, -0.2) is 61.7 Å². The summed E-state index contributed by atoms with van der Waals surface area (Å²) in [5, 5.41) is 0. The van der Waals surface area contributed by atoms with Crippen molar-refractivity contribution in [3.05, 3.63) is 17.6 Å². The van der Waals surface area contributed by atoms with Crippen LogP contribution in [0.15, 0.2) is 6.07 Å². The summed E-state index contributed by atoms with van der Waals surface area (Å²) in [6.07, 6.45) is 1.63. The molecule has 0 aliphatic carbocycles. The van der Waals surface area contributed by atoms with Crippen LogP contribution < -0.4 is 4.90 Å². The maximum Gasteiger partial charge on any atom is 0.282 e. The molecule has 1 fully saturated rings. The standard InChI is InChI=1S/C13H23N5O2S/c1-10-14-11(9-13(15-10)16(2)3)12-7-6-8-18(12)21(19,20)17(4)5/h9,12H,6-8H2,1-5H3/t12-/m0/s1. The average Bonchev–Trinajstić information content (AvgIpc) is 2.87. The molecule has 0 N–H and O–H groups in total. The Kier molecular flexibility index (Phi) is 4.50. The SMILES string of the molecule is Cc1nc([C@@H]2CCCN2S(=O)(=O)N(C)C)cc(N(C)C)n1. The summed E-state index contributed by atoms with van der Waals surface area (Å²) < 4.78 is 27.6. The molecule has 0 aromatic carbocycles. The van der Waals surface area contributed by atoms with Gasteiger partial charge in [-0.15, -0.1) is 0 Å². The van der Waals surface area contributed by atoms with Crippen molar-refractivity contribution in [3.8, 4) is 0 Å². The van der Waals surface area contributed by atoms with Gasteiger partial charge in [0.15, 0.2) is 0 Å². The topological polar surface area (TPSA) is 69.6 Å². The predicted molar refractivity (Wildman–Crippen MR) is 82.4 cm³/mol. The number of rotatable bonds is 4. The van der Waals surface area contributed by atoms with Crippen LogP contribution in [0.2, 0.25) is 0 Å². The molecule has 8 heteroatoms. The van der Waals surface area contributed by atoms with Gasteiger partial charge in [0, 0.05) is 40.8 Å². The molecule has 118 valence electrons. The first kappa shape index (κ1) is 16.1. The van der Waals surface area contributed by atoms with Crippen LogP contribution in [-0.2, 0) is 10.2 Å². The van der Waals surface area contributed by atoms with E-state index in [0.29, 0.717) is 12.4 Å². The fourth-order valence-electron chi connectivity index (χ4n) is 2.50. The zero-order valence-electron chi connectivity index (χ0n) is 13.2. The van der Waals surface area contributed by atoms with Crippen LogP contribution in [0.25, 0.3) is 0 Å². The monoisotopic (exact) mass is 313 g/mol. The largest absolute Gasteiger partial charge is 0.363 e. The lowest BCUT2D eigenvalue weighted by molar-refractivity contribution is 0.357. The third-order valence-electron chi connectivity index (χ3n) is 3.61. The maximum atomic E-state index is 12.4. The Morgan fingerprint density at radius 3 is 2.48 bits per heavy atom. The Morgan fingerprint density at radius 2 is 1.90 bits per heavy atom. The number of aromatic nitrogens is 2. The van der Waals surface area contributed by atoms with E-state index in [2.05, 4.69) is 9.97 Å². The highest BCUT2D eigenvalue weighted by Crippen LogP contribution is 2.34. The molecule has 0 spiro atoms. The normalized spacial score (nSPS) is 20.2. The molecule has 0 saturated carbocycles. The predicted octanol–water partition coefficient (Wildman–Crippen LogP) is 0.794. The van der Waals surface area contributed by atoms with Gasteiger partial charge in [0.05, 0.1) is 11.7 Å². The van der Waals surface area contributed by atoms with Gasteiger partial charge in [0.2, 0.25) is 0 Å². The van der Waals surface area contributed by atoms with Gasteiger partial charge in [-0.3, -0.25) is 0 Å². The Bertz CT molecular complexity index is 615. The second-order valence-electron chi connectivity index (χ2n) is 5.65. The number of anilines is 1. The third kappa shape index (κ3) is 3.17. The lowest BCUT2D eigenvalue weighted by atomic mass is 10.1. The van der Waals surface area contributed by atoms with Gasteiger partial charge >= 0.3 is 0 Å². The molecular formula is C13H23N5O2S. The highest BCUT2D eigenvalue weighted by Gasteiger charge is 2.37. The minimum Gasteiger partial charge on any atom is -0.363 e. The van der Waals surface area contributed by atoms with Gasteiger partial charge in [-0.1, -0.05) is 0 Å². The van der Waals surface area contributed by atoms with E-state index >= 15 is 0 Å². The first-order valence-electron chi connectivity index (χ1n) is 6.95. The highest BCUT2D eigenvalue weighted by molar-refractivity contribution is 7.86. The summed E-state index contributed by atoms with van der Waals surface area (Å²) in [5.74, 6) is 1.46. The van der Waals surface area contributed by atoms with E-state index in [1.54, 1.807) is 14.1 Å². The van der Waals surface area contributed by atoms with Gasteiger partial charge in [-0.05, 0) is 19.8 Å². The molecule has 1 aromatic rings. The van der Waals surface area contributed by atoms with Crippen molar-refractivity contribution in [1.82, 2.24) is 18.6 Å². The maximum absolute atomic E-state index is 12.4. The molecule has 1 atom stereocenters. The Morgan fingerprint density at radius 1 is 1.24 bits per heavy atom. The molecule has 2 rings (SSSR count). The lowest BCUT2D eigenvalue weighted by Crippen LogP contribution is -2.39. The van der Waals surface area contributed by atoms with Crippen LogP contribution in [0, 0.1) is 6.92 Å². The first-order valence-corrected chi connectivity index (χ1v) is 8.35. The van der Waals surface area contributed by atoms with Crippen LogP contribution in [0.5, 0.6) is 0 Å². The lowest BCUT2D eigenvalue weighted by Gasteiger charge is -2.27. The second-order valence-corrected chi connectivity index (χ2v) is 7.75. The molecule has 0 bridgehead atoms. The Hall–Kier alpha value is -1.25. The summed E-state index contributed by atoms with van der Waals surface area (Å²) in [4.78, 5) is 10.7. The van der Waals surface area contributed by atoms with E-state index in [1.807, 2.05) is 32.0 Å². The summed E-state index contributed by atoms with van der Waals surface area (Å²) in [7, 11) is 3.51. The van der Waals surface area contributed by atoms with E-state index in [0.717, 1.165) is 24.4 Å². The fraction of sp³-hybridized carbons (Fsp3) is 0.692. The molecule has 1 aliphatic rings. The van der Waals surface area contributed by atoms with Crippen molar-refractivity contribution in [2.24, 2.45) is 0 Å². The van der Waals surface area contributed by atoms with Crippen LogP contribution >= 0.6 is 0 Å². The van der Waals surface area contributed by atoms with E-state index < -0.39 is 10.2 Å².